The first kappa shape index (κ1) is 14.8. The third-order valence-corrected chi connectivity index (χ3v) is 4.38. The number of aliphatic carboxylic acids is 1. The molecular weight excluding hydrogens is 260 g/mol. The molecule has 1 atom stereocenters. The van der Waals surface area contributed by atoms with E-state index in [-0.39, 0.29) is 29.8 Å². The van der Waals surface area contributed by atoms with Gasteiger partial charge in [-0.05, 0) is 38.5 Å². The number of carbonyl (C=O) groups is 3. The van der Waals surface area contributed by atoms with Crippen molar-refractivity contribution in [2.75, 3.05) is 6.54 Å². The molecule has 1 heterocycles. The fraction of sp³-hybridized carbons (Fsp3) is 0.786. The molecule has 0 spiro atoms. The fourth-order valence-electron chi connectivity index (χ4n) is 3.20. The van der Waals surface area contributed by atoms with Crippen molar-refractivity contribution in [3.05, 3.63) is 0 Å². The van der Waals surface area contributed by atoms with Crippen molar-refractivity contribution >= 4 is 17.8 Å². The Morgan fingerprint density at radius 3 is 2.30 bits per heavy atom. The molecule has 2 fully saturated rings. The third-order valence-electron chi connectivity index (χ3n) is 4.38. The number of likely N-dealkylation sites (tertiary alicyclic amines) is 1. The summed E-state index contributed by atoms with van der Waals surface area (Å²) in [6.07, 6.45) is 4.22. The number of carbonyl (C=O) groups excluding carboxylic acids is 2. The summed E-state index contributed by atoms with van der Waals surface area (Å²) in [7, 11) is 0. The zero-order chi connectivity index (χ0) is 14.7. The Hall–Kier alpha value is -1.59. The lowest BCUT2D eigenvalue weighted by molar-refractivity contribution is -0.143. The summed E-state index contributed by atoms with van der Waals surface area (Å²) in [5, 5.41) is 11.9. The molecule has 6 nitrogen and oxygen atoms in total. The van der Waals surface area contributed by atoms with Gasteiger partial charge in [0.15, 0.2) is 0 Å². The van der Waals surface area contributed by atoms with Crippen LogP contribution in [0.1, 0.15) is 45.4 Å². The van der Waals surface area contributed by atoms with Gasteiger partial charge in [-0.3, -0.25) is 14.4 Å². The van der Waals surface area contributed by atoms with Crippen molar-refractivity contribution in [2.45, 2.75) is 57.5 Å². The van der Waals surface area contributed by atoms with E-state index in [9.17, 15) is 14.4 Å². The number of carboxylic acid groups (broad SMARTS) is 1. The highest BCUT2D eigenvalue weighted by Crippen LogP contribution is 2.25. The smallest absolute Gasteiger partial charge is 0.306 e. The molecule has 1 saturated carbocycles. The largest absolute Gasteiger partial charge is 0.481 e. The average Bonchev–Trinajstić information content (AvgIpc) is 2.88. The van der Waals surface area contributed by atoms with Crippen molar-refractivity contribution in [3.63, 3.8) is 0 Å². The van der Waals surface area contributed by atoms with E-state index in [1.807, 2.05) is 0 Å². The molecule has 20 heavy (non-hydrogen) atoms. The van der Waals surface area contributed by atoms with Gasteiger partial charge in [0.25, 0.3) is 0 Å². The summed E-state index contributed by atoms with van der Waals surface area (Å²) in [4.78, 5) is 36.2. The lowest BCUT2D eigenvalue weighted by Gasteiger charge is -2.29. The first-order chi connectivity index (χ1) is 9.49. The second-order valence-electron chi connectivity index (χ2n) is 5.77. The van der Waals surface area contributed by atoms with Gasteiger partial charge in [0.1, 0.15) is 6.04 Å². The van der Waals surface area contributed by atoms with Crippen LogP contribution >= 0.6 is 0 Å². The summed E-state index contributed by atoms with van der Waals surface area (Å²) in [5.41, 5.74) is 0. The molecule has 1 aliphatic carbocycles. The molecule has 1 saturated heterocycles. The predicted molar refractivity (Wildman–Crippen MR) is 71.9 cm³/mol. The summed E-state index contributed by atoms with van der Waals surface area (Å²) < 4.78 is 0. The normalized spacial score (nSPS) is 30.1. The molecule has 2 N–H and O–H groups in total. The number of rotatable bonds is 3. The summed E-state index contributed by atoms with van der Waals surface area (Å²) in [6, 6.07) is -0.294. The predicted octanol–water partition coefficient (Wildman–Crippen LogP) is 0.757. The highest BCUT2D eigenvalue weighted by molar-refractivity contribution is 5.87. The van der Waals surface area contributed by atoms with Gasteiger partial charge in [-0.2, -0.15) is 0 Å². The number of carboxylic acids is 1. The number of amides is 2. The van der Waals surface area contributed by atoms with Crippen LogP contribution in [0.25, 0.3) is 0 Å². The topological polar surface area (TPSA) is 86.7 Å². The molecule has 2 aliphatic rings. The van der Waals surface area contributed by atoms with Crippen molar-refractivity contribution in [3.8, 4) is 0 Å². The van der Waals surface area contributed by atoms with Gasteiger partial charge < -0.3 is 15.3 Å². The van der Waals surface area contributed by atoms with E-state index in [1.165, 1.54) is 6.92 Å². The minimum atomic E-state index is -0.742. The molecule has 0 aromatic carbocycles. The molecule has 2 amide bonds. The molecule has 0 radical (unpaired) electrons. The Morgan fingerprint density at radius 1 is 1.10 bits per heavy atom. The van der Waals surface area contributed by atoms with Crippen LogP contribution in [0.3, 0.4) is 0 Å². The maximum atomic E-state index is 12.2. The van der Waals surface area contributed by atoms with Crippen LogP contribution in [-0.2, 0) is 14.4 Å². The van der Waals surface area contributed by atoms with Crippen molar-refractivity contribution in [1.29, 1.82) is 0 Å². The Kier molecular flexibility index (Phi) is 4.62. The van der Waals surface area contributed by atoms with Crippen LogP contribution in [0.5, 0.6) is 0 Å². The Bertz CT molecular complexity index is 402. The lowest BCUT2D eigenvalue weighted by Crippen LogP contribution is -2.49. The lowest BCUT2D eigenvalue weighted by atomic mass is 9.86. The standard InChI is InChI=1S/C14H22N2O4/c1-9(17)16-8-2-3-12(16)13(18)15-11-6-4-10(5-7-11)14(19)20/h10-12H,2-8H2,1H3,(H,15,18)(H,19,20). The van der Waals surface area contributed by atoms with Gasteiger partial charge in [-0.15, -0.1) is 0 Å². The van der Waals surface area contributed by atoms with Crippen molar-refractivity contribution in [2.24, 2.45) is 5.92 Å². The van der Waals surface area contributed by atoms with Gasteiger partial charge >= 0.3 is 5.97 Å². The summed E-state index contributed by atoms with van der Waals surface area (Å²) in [5.74, 6) is -1.16. The molecule has 0 aromatic rings. The van der Waals surface area contributed by atoms with Gasteiger partial charge in [0, 0.05) is 19.5 Å². The van der Waals surface area contributed by atoms with E-state index >= 15 is 0 Å². The SMILES string of the molecule is CC(=O)N1CCCC1C(=O)NC1CCC(C(=O)O)CC1. The fourth-order valence-corrected chi connectivity index (χ4v) is 3.20. The van der Waals surface area contributed by atoms with Crippen molar-refractivity contribution < 1.29 is 19.5 Å². The molecule has 2 rings (SSSR count). The van der Waals surface area contributed by atoms with E-state index in [1.54, 1.807) is 4.90 Å². The summed E-state index contributed by atoms with van der Waals surface area (Å²) >= 11 is 0. The molecule has 0 bridgehead atoms. The Balaban J connectivity index is 1.83. The summed E-state index contributed by atoms with van der Waals surface area (Å²) in [6.45, 7) is 2.14. The van der Waals surface area contributed by atoms with Crippen LogP contribution < -0.4 is 5.32 Å². The molecule has 1 aliphatic heterocycles. The van der Waals surface area contributed by atoms with Gasteiger partial charge in [-0.25, -0.2) is 0 Å². The highest BCUT2D eigenvalue weighted by atomic mass is 16.4. The molecule has 112 valence electrons. The van der Waals surface area contributed by atoms with Crippen LogP contribution in [-0.4, -0.2) is 46.4 Å². The monoisotopic (exact) mass is 282 g/mol. The van der Waals surface area contributed by atoms with Crippen LogP contribution in [0, 0.1) is 5.92 Å². The van der Waals surface area contributed by atoms with Gasteiger partial charge in [-0.1, -0.05) is 0 Å². The quantitative estimate of drug-likeness (QED) is 0.800. The van der Waals surface area contributed by atoms with Crippen LogP contribution in [0.4, 0.5) is 0 Å². The van der Waals surface area contributed by atoms with Crippen LogP contribution in [0.2, 0.25) is 0 Å². The second kappa shape index (κ2) is 6.24. The Morgan fingerprint density at radius 2 is 1.75 bits per heavy atom. The minimum Gasteiger partial charge on any atom is -0.481 e. The number of hydrogen-bond acceptors (Lipinski definition) is 3. The first-order valence-corrected chi connectivity index (χ1v) is 7.29. The van der Waals surface area contributed by atoms with E-state index < -0.39 is 5.97 Å². The molecule has 0 aromatic heterocycles. The zero-order valence-electron chi connectivity index (χ0n) is 11.8. The number of nitrogens with one attached hydrogen (secondary N) is 1. The number of hydrogen-bond donors (Lipinski definition) is 2. The first-order valence-electron chi connectivity index (χ1n) is 7.29. The van der Waals surface area contributed by atoms with Crippen molar-refractivity contribution in [1.82, 2.24) is 10.2 Å². The van der Waals surface area contributed by atoms with Gasteiger partial charge in [0.05, 0.1) is 5.92 Å². The third kappa shape index (κ3) is 3.29. The van der Waals surface area contributed by atoms with E-state index in [4.69, 9.17) is 5.11 Å². The van der Waals surface area contributed by atoms with Gasteiger partial charge in [0.2, 0.25) is 11.8 Å². The molecule has 1 unspecified atom stereocenters. The van der Waals surface area contributed by atoms with Crippen LogP contribution in [0.15, 0.2) is 0 Å². The zero-order valence-corrected chi connectivity index (χ0v) is 11.8. The van der Waals surface area contributed by atoms with E-state index in [2.05, 4.69) is 5.32 Å². The highest BCUT2D eigenvalue weighted by Gasteiger charge is 2.34. The average molecular weight is 282 g/mol. The Labute approximate surface area is 118 Å². The van der Waals surface area contributed by atoms with E-state index in [0.29, 0.717) is 32.2 Å². The molecular formula is C14H22N2O4. The second-order valence-corrected chi connectivity index (χ2v) is 5.77. The minimum absolute atomic E-state index is 0.0486. The number of nitrogens with zero attached hydrogens (tertiary/aromatic N) is 1. The van der Waals surface area contributed by atoms with E-state index in [0.717, 1.165) is 12.8 Å². The maximum Gasteiger partial charge on any atom is 0.306 e. The molecule has 6 heteroatoms. The maximum absolute atomic E-state index is 12.2.